The maximum absolute atomic E-state index is 2.84. The second-order valence-electron chi connectivity index (χ2n) is 20.5. The molecule has 0 spiro atoms. The molecule has 0 unspecified atom stereocenters. The minimum absolute atomic E-state index is 0.178. The van der Waals surface area contributed by atoms with Gasteiger partial charge in [0.2, 0.25) is 0 Å². The molecule has 0 atom stereocenters. The fourth-order valence-corrected chi connectivity index (χ4v) is 16.5. The van der Waals surface area contributed by atoms with E-state index in [0.717, 1.165) is 9.52 Å². The fraction of sp³-hybridized carbons (Fsp3) is 0.750. The summed E-state index contributed by atoms with van der Waals surface area (Å²) in [6.07, 6.45) is 15.1. The molecule has 0 saturated heterocycles. The Morgan fingerprint density at radius 3 is 0.714 bits per heavy atom. The maximum atomic E-state index is 2.84. The lowest BCUT2D eigenvalue weighted by atomic mass is 9.72. The monoisotopic (exact) mass is 679 g/mol. The van der Waals surface area contributed by atoms with Gasteiger partial charge in [-0.25, -0.2) is 0 Å². The molecule has 2 radical (unpaired) electrons. The number of benzene rings is 2. The highest BCUT2D eigenvalue weighted by molar-refractivity contribution is 6.69. The van der Waals surface area contributed by atoms with Crippen LogP contribution in [-0.2, 0) is 43.3 Å². The summed E-state index contributed by atoms with van der Waals surface area (Å²) >= 11 is 0. The van der Waals surface area contributed by atoms with Crippen LogP contribution in [0.15, 0.2) is 12.1 Å². The first-order valence-corrected chi connectivity index (χ1v) is 22.0. The normalized spacial score (nSPS) is 24.8. The van der Waals surface area contributed by atoms with Crippen LogP contribution in [0.1, 0.15) is 232 Å². The highest BCUT2D eigenvalue weighted by Crippen LogP contribution is 2.61. The molecule has 2 aromatic rings. The van der Waals surface area contributed by atoms with Gasteiger partial charge in [0, 0.05) is 0 Å². The third-order valence-corrected chi connectivity index (χ3v) is 17.9. The van der Waals surface area contributed by atoms with E-state index in [1.807, 2.05) is 0 Å². The first-order chi connectivity index (χ1) is 22.7. The van der Waals surface area contributed by atoms with Crippen molar-refractivity contribution in [3.8, 4) is 0 Å². The second-order valence-corrected chi connectivity index (χ2v) is 21.8. The largest absolute Gasteiger partial charge is 0.123 e. The number of hydrogen-bond acceptors (Lipinski definition) is 0. The Bertz CT molecular complexity index is 1390. The van der Waals surface area contributed by atoms with Gasteiger partial charge in [0.25, 0.3) is 0 Å². The van der Waals surface area contributed by atoms with E-state index in [2.05, 4.69) is 123 Å². The molecule has 4 aliphatic rings. The van der Waals surface area contributed by atoms with E-state index in [9.17, 15) is 0 Å². The number of rotatable bonds is 10. The van der Waals surface area contributed by atoms with Crippen LogP contribution >= 0.6 is 0 Å². The molecular formula is C48H74Si. The van der Waals surface area contributed by atoms with E-state index in [-0.39, 0.29) is 43.3 Å². The van der Waals surface area contributed by atoms with Crippen molar-refractivity contribution < 1.29 is 0 Å². The van der Waals surface area contributed by atoms with Crippen LogP contribution < -0.4 is 10.4 Å². The van der Waals surface area contributed by atoms with Crippen LogP contribution in [0, 0.1) is 0 Å². The summed E-state index contributed by atoms with van der Waals surface area (Å²) < 4.78 is 0. The molecule has 2 aromatic carbocycles. The van der Waals surface area contributed by atoms with E-state index < -0.39 is 0 Å². The van der Waals surface area contributed by atoms with E-state index in [4.69, 9.17) is 0 Å². The van der Waals surface area contributed by atoms with Gasteiger partial charge in [0.15, 0.2) is 0 Å². The van der Waals surface area contributed by atoms with Gasteiger partial charge in [-0.1, -0.05) is 133 Å². The van der Waals surface area contributed by atoms with Crippen molar-refractivity contribution in [1.82, 2.24) is 0 Å². The molecule has 0 amide bonds. The Morgan fingerprint density at radius 1 is 0.367 bits per heavy atom. The summed E-state index contributed by atoms with van der Waals surface area (Å²) in [5.74, 6) is 0. The van der Waals surface area contributed by atoms with Crippen molar-refractivity contribution in [2.75, 3.05) is 0 Å². The summed E-state index contributed by atoms with van der Waals surface area (Å²) in [6.45, 7) is 40.9. The summed E-state index contributed by atoms with van der Waals surface area (Å²) in [6, 6.07) is 5.68. The van der Waals surface area contributed by atoms with Crippen LogP contribution in [-0.4, -0.2) is 9.52 Å². The molecule has 0 saturated carbocycles. The zero-order valence-corrected chi connectivity index (χ0v) is 36.1. The first-order valence-electron chi connectivity index (χ1n) is 21.0. The molecule has 0 nitrogen and oxygen atoms in total. The second kappa shape index (κ2) is 11.6. The SMILES string of the molecule is CCC1(CC)CC(C)(C)c2c1cc1c(c2[Si]c2c3c(cc4c2C(C)(C)CC4(CC)CC)C(CC)(CC)CC3(C)C)C(C)(C)CC1(CC)CC. The smallest absolute Gasteiger partial charge is 0.0645 e. The lowest BCUT2D eigenvalue weighted by Gasteiger charge is -2.34. The van der Waals surface area contributed by atoms with E-state index in [1.165, 1.54) is 77.0 Å². The highest BCUT2D eigenvalue weighted by Gasteiger charge is 2.56. The molecule has 270 valence electrons. The van der Waals surface area contributed by atoms with Crippen LogP contribution in [0.5, 0.6) is 0 Å². The molecule has 0 aliphatic heterocycles. The molecule has 0 N–H and O–H groups in total. The number of hydrogen-bond donors (Lipinski definition) is 0. The van der Waals surface area contributed by atoms with Crippen molar-refractivity contribution in [2.24, 2.45) is 0 Å². The quantitative estimate of drug-likeness (QED) is 0.219. The Morgan fingerprint density at radius 2 is 0.551 bits per heavy atom. The molecule has 0 bridgehead atoms. The standard InChI is InChI=1S/C48H74Si/c1-17-45(18-2)27-41(9,10)35-31(45)25-32-36(42(11,12)28-46(32,19-3)20-4)39(35)49-40-37-33(47(21-5,22-6)29-43(37,13)14)26-34-38(40)44(15,16)30-48(34,23-7)24-8/h25-26H,17-24,27-30H2,1-16H3. The average Bonchev–Trinajstić information content (AvgIpc) is 3.64. The summed E-state index contributed by atoms with van der Waals surface area (Å²) in [5.41, 5.74) is 16.0. The fourth-order valence-electron chi connectivity index (χ4n) is 13.9. The van der Waals surface area contributed by atoms with E-state index in [1.54, 1.807) is 54.9 Å². The minimum Gasteiger partial charge on any atom is -0.0645 e. The topological polar surface area (TPSA) is 0 Å². The predicted molar refractivity (Wildman–Crippen MR) is 218 cm³/mol. The molecule has 0 fully saturated rings. The van der Waals surface area contributed by atoms with Gasteiger partial charge in [-0.3, -0.25) is 0 Å². The van der Waals surface area contributed by atoms with Crippen molar-refractivity contribution in [3.05, 3.63) is 56.6 Å². The van der Waals surface area contributed by atoms with Gasteiger partial charge >= 0.3 is 0 Å². The third kappa shape index (κ3) is 4.84. The van der Waals surface area contributed by atoms with Crippen molar-refractivity contribution in [2.45, 2.75) is 231 Å². The molecule has 49 heavy (non-hydrogen) atoms. The Labute approximate surface area is 306 Å². The average molecular weight is 679 g/mol. The van der Waals surface area contributed by atoms with Crippen molar-refractivity contribution >= 4 is 19.9 Å². The van der Waals surface area contributed by atoms with Gasteiger partial charge in [0.05, 0.1) is 0 Å². The molecule has 1 heteroatoms. The highest BCUT2D eigenvalue weighted by atomic mass is 28.2. The lowest BCUT2D eigenvalue weighted by Crippen LogP contribution is -2.45. The van der Waals surface area contributed by atoms with Gasteiger partial charge in [-0.15, -0.1) is 0 Å². The third-order valence-electron chi connectivity index (χ3n) is 16.4. The van der Waals surface area contributed by atoms with Gasteiger partial charge in [0.1, 0.15) is 9.52 Å². The predicted octanol–water partition coefficient (Wildman–Crippen LogP) is 12.3. The summed E-state index contributed by atoms with van der Waals surface area (Å²) in [5, 5.41) is 3.60. The van der Waals surface area contributed by atoms with Crippen LogP contribution in [0.3, 0.4) is 0 Å². The zero-order valence-electron chi connectivity index (χ0n) is 35.1. The molecular weight excluding hydrogens is 605 g/mol. The Hall–Kier alpha value is -1.34. The van der Waals surface area contributed by atoms with Crippen molar-refractivity contribution in [1.29, 1.82) is 0 Å². The van der Waals surface area contributed by atoms with Crippen molar-refractivity contribution in [3.63, 3.8) is 0 Å². The lowest BCUT2D eigenvalue weighted by molar-refractivity contribution is 0.322. The minimum atomic E-state index is 0.178. The molecule has 4 aliphatic carbocycles. The molecule has 6 rings (SSSR count). The first kappa shape index (κ1) is 37.4. The number of fused-ring (bicyclic) bond motifs is 4. The Kier molecular flexibility index (Phi) is 8.84. The van der Waals surface area contributed by atoms with Crippen LogP contribution in [0.2, 0.25) is 0 Å². The summed E-state index contributed by atoms with van der Waals surface area (Å²) in [7, 11) is 0.727. The van der Waals surface area contributed by atoms with Crippen LogP contribution in [0.4, 0.5) is 0 Å². The summed E-state index contributed by atoms with van der Waals surface area (Å²) in [4.78, 5) is 0. The zero-order chi connectivity index (χ0) is 36.4. The molecule has 0 aromatic heterocycles. The van der Waals surface area contributed by atoms with Gasteiger partial charge < -0.3 is 0 Å². The van der Waals surface area contributed by atoms with Gasteiger partial charge in [-0.05, 0) is 165 Å². The van der Waals surface area contributed by atoms with E-state index >= 15 is 0 Å². The Balaban J connectivity index is 1.81. The maximum Gasteiger partial charge on any atom is 0.123 e. The van der Waals surface area contributed by atoms with E-state index in [0.29, 0.717) is 0 Å². The van der Waals surface area contributed by atoms with Gasteiger partial charge in [-0.2, -0.15) is 0 Å². The molecule has 0 heterocycles. The van der Waals surface area contributed by atoms with Crippen LogP contribution in [0.25, 0.3) is 0 Å².